The van der Waals surface area contributed by atoms with Gasteiger partial charge in [0.05, 0.1) is 6.61 Å². The Hall–Kier alpha value is -1.81. The molecule has 0 amide bonds. The predicted molar refractivity (Wildman–Crippen MR) is 74.4 cm³/mol. The molecular weight excluding hydrogens is 246 g/mol. The standard InChI is InChI=1S/C14H15NO2S/c1-10(16)13-9-11(4-5-14(13)15)17-7-6-12-3-2-8-18-12/h2-5,8-9H,6-7,15H2,1H3. The van der Waals surface area contributed by atoms with E-state index in [9.17, 15) is 4.79 Å². The fourth-order valence-corrected chi connectivity index (χ4v) is 2.34. The highest BCUT2D eigenvalue weighted by Crippen LogP contribution is 2.20. The molecule has 0 fully saturated rings. The van der Waals surface area contributed by atoms with Gasteiger partial charge in [0.2, 0.25) is 0 Å². The highest BCUT2D eigenvalue weighted by molar-refractivity contribution is 7.09. The summed E-state index contributed by atoms with van der Waals surface area (Å²) in [5.74, 6) is 0.641. The average molecular weight is 261 g/mol. The third kappa shape index (κ3) is 3.11. The second kappa shape index (κ2) is 5.69. The van der Waals surface area contributed by atoms with Crippen molar-refractivity contribution in [2.45, 2.75) is 13.3 Å². The van der Waals surface area contributed by atoms with Gasteiger partial charge in [-0.3, -0.25) is 4.79 Å². The molecule has 4 heteroatoms. The molecule has 18 heavy (non-hydrogen) atoms. The van der Waals surface area contributed by atoms with Crippen molar-refractivity contribution < 1.29 is 9.53 Å². The molecule has 0 aliphatic carbocycles. The lowest BCUT2D eigenvalue weighted by atomic mass is 10.1. The Morgan fingerprint density at radius 1 is 1.39 bits per heavy atom. The van der Waals surface area contributed by atoms with Gasteiger partial charge < -0.3 is 10.5 Å². The van der Waals surface area contributed by atoms with Crippen molar-refractivity contribution in [2.75, 3.05) is 12.3 Å². The minimum absolute atomic E-state index is 0.0452. The van der Waals surface area contributed by atoms with Crippen molar-refractivity contribution in [3.63, 3.8) is 0 Å². The van der Waals surface area contributed by atoms with E-state index in [0.29, 0.717) is 23.6 Å². The van der Waals surface area contributed by atoms with Crippen molar-refractivity contribution >= 4 is 22.8 Å². The molecule has 0 bridgehead atoms. The van der Waals surface area contributed by atoms with Gasteiger partial charge in [-0.2, -0.15) is 0 Å². The van der Waals surface area contributed by atoms with Crippen molar-refractivity contribution in [1.29, 1.82) is 0 Å². The van der Waals surface area contributed by atoms with E-state index in [0.717, 1.165) is 6.42 Å². The summed E-state index contributed by atoms with van der Waals surface area (Å²) < 4.78 is 5.62. The van der Waals surface area contributed by atoms with E-state index < -0.39 is 0 Å². The Bertz CT molecular complexity index is 535. The lowest BCUT2D eigenvalue weighted by Gasteiger charge is -2.08. The molecule has 3 nitrogen and oxygen atoms in total. The summed E-state index contributed by atoms with van der Waals surface area (Å²) in [7, 11) is 0. The predicted octanol–water partition coefficient (Wildman–Crippen LogP) is 3.15. The van der Waals surface area contributed by atoms with E-state index in [1.807, 2.05) is 11.4 Å². The second-order valence-corrected chi connectivity index (χ2v) is 5.02. The number of nitrogen functional groups attached to an aromatic ring is 1. The number of anilines is 1. The first kappa shape index (κ1) is 12.6. The summed E-state index contributed by atoms with van der Waals surface area (Å²) in [5.41, 5.74) is 6.73. The molecule has 2 N–H and O–H groups in total. The summed E-state index contributed by atoms with van der Waals surface area (Å²) in [6.07, 6.45) is 0.872. The zero-order valence-electron chi connectivity index (χ0n) is 10.2. The van der Waals surface area contributed by atoms with Gasteiger partial charge in [0.15, 0.2) is 5.78 Å². The fourth-order valence-electron chi connectivity index (χ4n) is 1.65. The molecule has 2 aromatic rings. The maximum atomic E-state index is 11.3. The molecule has 1 aromatic heterocycles. The molecule has 0 aliphatic rings. The summed E-state index contributed by atoms with van der Waals surface area (Å²) in [5, 5.41) is 2.05. The number of carbonyl (C=O) groups is 1. The van der Waals surface area contributed by atoms with Crippen LogP contribution in [0, 0.1) is 0 Å². The van der Waals surface area contributed by atoms with Gasteiger partial charge >= 0.3 is 0 Å². The maximum absolute atomic E-state index is 11.3. The zero-order valence-corrected chi connectivity index (χ0v) is 11.0. The van der Waals surface area contributed by atoms with E-state index in [2.05, 4.69) is 6.07 Å². The summed E-state index contributed by atoms with van der Waals surface area (Å²) in [6.45, 7) is 2.10. The van der Waals surface area contributed by atoms with E-state index in [-0.39, 0.29) is 5.78 Å². The van der Waals surface area contributed by atoms with Crippen molar-refractivity contribution in [3.8, 4) is 5.75 Å². The van der Waals surface area contributed by atoms with Gasteiger partial charge in [0.25, 0.3) is 0 Å². The quantitative estimate of drug-likeness (QED) is 0.664. The molecular formula is C14H15NO2S. The number of nitrogens with two attached hydrogens (primary N) is 1. The number of ether oxygens (including phenoxy) is 1. The molecule has 0 saturated heterocycles. The third-order valence-electron chi connectivity index (χ3n) is 2.60. The van der Waals surface area contributed by atoms with Crippen LogP contribution in [0.1, 0.15) is 22.2 Å². The van der Waals surface area contributed by atoms with E-state index >= 15 is 0 Å². The molecule has 1 heterocycles. The zero-order chi connectivity index (χ0) is 13.0. The molecule has 0 saturated carbocycles. The van der Waals surface area contributed by atoms with Crippen molar-refractivity contribution in [1.82, 2.24) is 0 Å². The first-order chi connectivity index (χ1) is 8.66. The van der Waals surface area contributed by atoms with E-state index in [1.54, 1.807) is 29.5 Å². The fraction of sp³-hybridized carbons (Fsp3) is 0.214. The maximum Gasteiger partial charge on any atom is 0.162 e. The molecule has 0 aliphatic heterocycles. The Kier molecular flexibility index (Phi) is 3.99. The van der Waals surface area contributed by atoms with Crippen LogP contribution in [-0.4, -0.2) is 12.4 Å². The largest absolute Gasteiger partial charge is 0.493 e. The molecule has 0 radical (unpaired) electrons. The first-order valence-corrected chi connectivity index (χ1v) is 6.60. The highest BCUT2D eigenvalue weighted by atomic mass is 32.1. The average Bonchev–Trinajstić information content (AvgIpc) is 2.84. The molecule has 0 unspecified atom stereocenters. The third-order valence-corrected chi connectivity index (χ3v) is 3.54. The SMILES string of the molecule is CC(=O)c1cc(OCCc2cccs2)ccc1N. The number of rotatable bonds is 5. The van der Waals surface area contributed by atoms with Crippen LogP contribution in [0.25, 0.3) is 0 Å². The number of hydrogen-bond acceptors (Lipinski definition) is 4. The van der Waals surface area contributed by atoms with Crippen LogP contribution in [0.3, 0.4) is 0 Å². The molecule has 94 valence electrons. The van der Waals surface area contributed by atoms with Gasteiger partial charge in [0.1, 0.15) is 5.75 Å². The number of carbonyl (C=O) groups excluding carboxylic acids is 1. The van der Waals surface area contributed by atoms with Gasteiger partial charge in [-0.15, -0.1) is 11.3 Å². The minimum Gasteiger partial charge on any atom is -0.493 e. The lowest BCUT2D eigenvalue weighted by Crippen LogP contribution is -2.03. The Labute approximate surface area is 110 Å². The monoisotopic (exact) mass is 261 g/mol. The Balaban J connectivity index is 1.97. The normalized spacial score (nSPS) is 10.3. The second-order valence-electron chi connectivity index (χ2n) is 3.98. The molecule has 0 atom stereocenters. The lowest BCUT2D eigenvalue weighted by molar-refractivity contribution is 0.101. The molecule has 2 rings (SSSR count). The first-order valence-electron chi connectivity index (χ1n) is 5.72. The number of benzene rings is 1. The Morgan fingerprint density at radius 2 is 2.22 bits per heavy atom. The van der Waals surface area contributed by atoms with Gasteiger partial charge in [0, 0.05) is 22.5 Å². The van der Waals surface area contributed by atoms with E-state index in [4.69, 9.17) is 10.5 Å². The minimum atomic E-state index is -0.0452. The summed E-state index contributed by atoms with van der Waals surface area (Å²) in [6, 6.07) is 9.30. The topological polar surface area (TPSA) is 52.3 Å². The van der Waals surface area contributed by atoms with Crippen LogP contribution < -0.4 is 10.5 Å². The van der Waals surface area contributed by atoms with Crippen LogP contribution >= 0.6 is 11.3 Å². The smallest absolute Gasteiger partial charge is 0.162 e. The van der Waals surface area contributed by atoms with Crippen LogP contribution in [0.4, 0.5) is 5.69 Å². The number of hydrogen-bond donors (Lipinski definition) is 1. The summed E-state index contributed by atoms with van der Waals surface area (Å²) >= 11 is 1.71. The number of thiophene rings is 1. The number of Topliss-reactive ketones (excluding diaryl/α,β-unsaturated/α-hetero) is 1. The summed E-state index contributed by atoms with van der Waals surface area (Å²) in [4.78, 5) is 12.6. The van der Waals surface area contributed by atoms with Crippen molar-refractivity contribution in [3.05, 3.63) is 46.2 Å². The highest BCUT2D eigenvalue weighted by Gasteiger charge is 2.06. The Morgan fingerprint density at radius 3 is 2.89 bits per heavy atom. The van der Waals surface area contributed by atoms with E-state index in [1.165, 1.54) is 11.8 Å². The molecule has 1 aromatic carbocycles. The van der Waals surface area contributed by atoms with Crippen molar-refractivity contribution in [2.24, 2.45) is 0 Å². The van der Waals surface area contributed by atoms with Gasteiger partial charge in [-0.05, 0) is 36.6 Å². The van der Waals surface area contributed by atoms with Crippen LogP contribution in [0.2, 0.25) is 0 Å². The van der Waals surface area contributed by atoms with Gasteiger partial charge in [-0.1, -0.05) is 6.07 Å². The van der Waals surface area contributed by atoms with Gasteiger partial charge in [-0.25, -0.2) is 0 Å². The van der Waals surface area contributed by atoms with Crippen LogP contribution in [0.15, 0.2) is 35.7 Å². The molecule has 0 spiro atoms. The van der Waals surface area contributed by atoms with Crippen LogP contribution in [0.5, 0.6) is 5.75 Å². The number of ketones is 1. The van der Waals surface area contributed by atoms with Crippen LogP contribution in [-0.2, 0) is 6.42 Å².